The van der Waals surface area contributed by atoms with Crippen LogP contribution in [0.15, 0.2) is 30.3 Å². The molecule has 8 nitrogen and oxygen atoms in total. The van der Waals surface area contributed by atoms with Crippen molar-refractivity contribution in [1.29, 1.82) is 0 Å². The smallest absolute Gasteiger partial charge is 0.270 e. The summed E-state index contributed by atoms with van der Waals surface area (Å²) in [6, 6.07) is 6.79. The van der Waals surface area contributed by atoms with Gasteiger partial charge in [-0.1, -0.05) is 32.0 Å². The van der Waals surface area contributed by atoms with Crippen molar-refractivity contribution in [1.82, 2.24) is 14.8 Å². The number of amides is 3. The molecule has 6 rings (SSSR count). The van der Waals surface area contributed by atoms with Crippen molar-refractivity contribution in [2.75, 3.05) is 25.0 Å². The highest BCUT2D eigenvalue weighted by Gasteiger charge is 2.56. The predicted molar refractivity (Wildman–Crippen MR) is 142 cm³/mol. The second kappa shape index (κ2) is 9.36. The number of likely N-dealkylation sites (tertiary alicyclic amines) is 1. The zero-order valence-corrected chi connectivity index (χ0v) is 22.2. The lowest BCUT2D eigenvalue weighted by Gasteiger charge is -2.38. The van der Waals surface area contributed by atoms with Gasteiger partial charge >= 0.3 is 0 Å². The van der Waals surface area contributed by atoms with Crippen molar-refractivity contribution in [3.63, 3.8) is 0 Å². The average Bonchev–Trinajstić information content (AvgIpc) is 3.56. The first-order valence-corrected chi connectivity index (χ1v) is 13.4. The lowest BCUT2D eigenvalue weighted by atomic mass is 9.79. The molecule has 11 heteroatoms. The molecule has 3 aliphatic heterocycles. The zero-order chi connectivity index (χ0) is 28.5. The summed E-state index contributed by atoms with van der Waals surface area (Å²) < 4.78 is 43.0. The maximum absolute atomic E-state index is 14.6. The van der Waals surface area contributed by atoms with E-state index >= 15 is 0 Å². The Labute approximate surface area is 228 Å². The first-order valence-electron chi connectivity index (χ1n) is 13.4. The Balaban J connectivity index is 1.34. The van der Waals surface area contributed by atoms with Crippen LogP contribution in [0.2, 0.25) is 0 Å². The number of hydrogen-bond donors (Lipinski definition) is 3. The summed E-state index contributed by atoms with van der Waals surface area (Å²) in [4.78, 5) is 45.8. The number of rotatable bonds is 6. The lowest BCUT2D eigenvalue weighted by Crippen LogP contribution is -2.53. The summed E-state index contributed by atoms with van der Waals surface area (Å²) in [6.45, 7) is 4.80. The normalized spacial score (nSPS) is 23.2. The summed E-state index contributed by atoms with van der Waals surface area (Å²) in [7, 11) is 0. The molecule has 3 aromatic rings. The molecule has 1 aromatic heterocycles. The number of primary amides is 1. The van der Waals surface area contributed by atoms with Gasteiger partial charge in [-0.2, -0.15) is 0 Å². The van der Waals surface area contributed by atoms with Gasteiger partial charge in [-0.15, -0.1) is 0 Å². The van der Waals surface area contributed by atoms with Crippen molar-refractivity contribution in [2.45, 2.75) is 50.6 Å². The Bertz CT molecular complexity index is 1570. The molecule has 210 valence electrons. The fourth-order valence-corrected chi connectivity index (χ4v) is 6.89. The Hall–Kier alpha value is -3.86. The summed E-state index contributed by atoms with van der Waals surface area (Å²) in [5.41, 5.74) is 6.43. The molecule has 3 aliphatic rings. The molecular weight excluding hydrogens is 523 g/mol. The molecule has 1 saturated heterocycles. The van der Waals surface area contributed by atoms with Gasteiger partial charge in [-0.25, -0.2) is 13.2 Å². The van der Waals surface area contributed by atoms with Crippen molar-refractivity contribution in [3.05, 3.63) is 64.6 Å². The van der Waals surface area contributed by atoms with Crippen LogP contribution in [-0.4, -0.2) is 64.2 Å². The third kappa shape index (κ3) is 3.89. The number of carbonyl (C=O) groups is 3. The van der Waals surface area contributed by atoms with Gasteiger partial charge in [-0.3, -0.25) is 19.3 Å². The standard InChI is InChI=1S/C29H30F3N5O3/c1-14(2)9-15(37-8-7-16-22-18(30)10-19(31)23(32)25(22)35-24(16)27(37)39)12-36-13-29(11-21(36)26(33)38)17-5-3-4-6-20(17)34-28(29)40/h3-6,10,14-15,21,35H,7-9,11-13H2,1-2H3,(H2,33,38)(H,34,40)/t15-,21-,29-/m0/s1. The van der Waals surface area contributed by atoms with Crippen LogP contribution in [0.3, 0.4) is 0 Å². The Morgan fingerprint density at radius 1 is 1.18 bits per heavy atom. The number of H-pyrrole nitrogens is 1. The third-order valence-electron chi connectivity index (χ3n) is 8.64. The monoisotopic (exact) mass is 553 g/mol. The van der Waals surface area contributed by atoms with E-state index in [2.05, 4.69) is 10.3 Å². The molecule has 0 bridgehead atoms. The number of nitrogens with one attached hydrogen (secondary N) is 2. The summed E-state index contributed by atoms with van der Waals surface area (Å²) in [5.74, 6) is -4.49. The van der Waals surface area contributed by atoms with Crippen LogP contribution in [0, 0.1) is 23.4 Å². The molecule has 3 amide bonds. The molecule has 0 saturated carbocycles. The van der Waals surface area contributed by atoms with E-state index in [0.29, 0.717) is 23.7 Å². The number of benzene rings is 2. The average molecular weight is 554 g/mol. The number of carbonyl (C=O) groups excluding carboxylic acids is 3. The number of halogens is 3. The van der Waals surface area contributed by atoms with Crippen LogP contribution in [0.5, 0.6) is 0 Å². The van der Waals surface area contributed by atoms with E-state index in [9.17, 15) is 27.6 Å². The van der Waals surface area contributed by atoms with Crippen LogP contribution in [0.25, 0.3) is 10.9 Å². The Kier molecular flexibility index (Phi) is 6.17. The predicted octanol–water partition coefficient (Wildman–Crippen LogP) is 3.45. The second-order valence-corrected chi connectivity index (χ2v) is 11.5. The summed E-state index contributed by atoms with van der Waals surface area (Å²) in [5, 5.41) is 2.82. The fraction of sp³-hybridized carbons (Fsp3) is 0.414. The third-order valence-corrected chi connectivity index (χ3v) is 8.64. The molecule has 1 fully saturated rings. The molecule has 0 radical (unpaired) electrons. The summed E-state index contributed by atoms with van der Waals surface area (Å²) in [6.07, 6.45) is 1.05. The van der Waals surface area contributed by atoms with E-state index in [4.69, 9.17) is 5.73 Å². The highest BCUT2D eigenvalue weighted by atomic mass is 19.2. The zero-order valence-electron chi connectivity index (χ0n) is 22.2. The van der Waals surface area contributed by atoms with Gasteiger partial charge in [0.2, 0.25) is 11.8 Å². The van der Waals surface area contributed by atoms with Gasteiger partial charge in [-0.05, 0) is 42.4 Å². The van der Waals surface area contributed by atoms with Crippen LogP contribution in [0.4, 0.5) is 18.9 Å². The number of anilines is 1. The molecule has 4 N–H and O–H groups in total. The van der Waals surface area contributed by atoms with E-state index in [1.807, 2.05) is 43.0 Å². The van der Waals surface area contributed by atoms with Crippen molar-refractivity contribution < 1.29 is 27.6 Å². The van der Waals surface area contributed by atoms with Crippen LogP contribution in [0.1, 0.15) is 48.3 Å². The van der Waals surface area contributed by atoms with Gasteiger partial charge in [0.05, 0.1) is 17.0 Å². The minimum Gasteiger partial charge on any atom is -0.368 e. The molecule has 0 aliphatic carbocycles. The van der Waals surface area contributed by atoms with Gasteiger partial charge in [0.15, 0.2) is 11.6 Å². The quantitative estimate of drug-likeness (QED) is 0.406. The molecule has 1 spiro atoms. The highest BCUT2D eigenvalue weighted by molar-refractivity contribution is 6.07. The van der Waals surface area contributed by atoms with E-state index in [1.165, 1.54) is 0 Å². The number of hydrogen-bond acceptors (Lipinski definition) is 4. The first-order chi connectivity index (χ1) is 19.0. The number of aromatic amines is 1. The lowest BCUT2D eigenvalue weighted by molar-refractivity contribution is -0.122. The molecule has 2 aromatic carbocycles. The van der Waals surface area contributed by atoms with Crippen LogP contribution in [-0.2, 0) is 21.4 Å². The largest absolute Gasteiger partial charge is 0.368 e. The highest BCUT2D eigenvalue weighted by Crippen LogP contribution is 2.46. The SMILES string of the molecule is CC(C)C[C@@H](CN1C[C@]2(C[C@H]1C(N)=O)C(=O)Nc1ccccc12)N1CCc2c([nH]c3c(F)c(F)cc(F)c23)C1=O. The molecule has 4 heterocycles. The summed E-state index contributed by atoms with van der Waals surface area (Å²) >= 11 is 0. The van der Waals surface area contributed by atoms with Gasteiger partial charge in [0.1, 0.15) is 11.5 Å². The molecule has 0 unspecified atom stereocenters. The molecular formula is C29H30F3N5O3. The van der Waals surface area contributed by atoms with Crippen LogP contribution >= 0.6 is 0 Å². The fourth-order valence-electron chi connectivity index (χ4n) is 6.89. The number of aromatic nitrogens is 1. The van der Waals surface area contributed by atoms with Gasteiger partial charge in [0, 0.05) is 42.8 Å². The minimum absolute atomic E-state index is 0.0341. The van der Waals surface area contributed by atoms with E-state index in [-0.39, 0.29) is 66.9 Å². The van der Waals surface area contributed by atoms with E-state index in [1.54, 1.807) is 4.90 Å². The van der Waals surface area contributed by atoms with Gasteiger partial charge in [0.25, 0.3) is 5.91 Å². The minimum atomic E-state index is -1.33. The van der Waals surface area contributed by atoms with Crippen LogP contribution < -0.4 is 11.1 Å². The Morgan fingerprint density at radius 3 is 2.65 bits per heavy atom. The van der Waals surface area contributed by atoms with Crippen molar-refractivity contribution in [2.24, 2.45) is 11.7 Å². The first kappa shape index (κ1) is 26.4. The van der Waals surface area contributed by atoms with E-state index < -0.39 is 40.7 Å². The Morgan fingerprint density at radius 2 is 1.93 bits per heavy atom. The maximum atomic E-state index is 14.6. The molecule has 40 heavy (non-hydrogen) atoms. The van der Waals surface area contributed by atoms with Crippen molar-refractivity contribution >= 4 is 34.3 Å². The molecule has 3 atom stereocenters. The maximum Gasteiger partial charge on any atom is 0.270 e. The second-order valence-electron chi connectivity index (χ2n) is 11.5. The number of para-hydroxylation sites is 1. The number of nitrogens with two attached hydrogens (primary N) is 1. The number of nitrogens with zero attached hydrogens (tertiary/aromatic N) is 2. The van der Waals surface area contributed by atoms with Gasteiger partial charge < -0.3 is 20.9 Å². The van der Waals surface area contributed by atoms with E-state index in [0.717, 1.165) is 5.56 Å². The topological polar surface area (TPSA) is 112 Å². The van der Waals surface area contributed by atoms with Crippen molar-refractivity contribution in [3.8, 4) is 0 Å². The number of fused-ring (bicyclic) bond motifs is 5.